The third kappa shape index (κ3) is 6.28. The minimum atomic E-state index is -0.590. The highest BCUT2D eigenvalue weighted by atomic mass is 32.1. The van der Waals surface area contributed by atoms with Gasteiger partial charge in [0.05, 0.1) is 12.6 Å². The summed E-state index contributed by atoms with van der Waals surface area (Å²) in [5.74, 6) is -1.10. The van der Waals surface area contributed by atoms with Crippen LogP contribution in [0.5, 0.6) is 0 Å². The molecule has 11 nitrogen and oxygen atoms in total. The number of hydrogen-bond acceptors (Lipinski definition) is 8. The van der Waals surface area contributed by atoms with E-state index in [0.717, 1.165) is 0 Å². The Morgan fingerprint density at radius 1 is 1.06 bits per heavy atom. The van der Waals surface area contributed by atoms with Crippen molar-refractivity contribution in [3.8, 4) is 0 Å². The van der Waals surface area contributed by atoms with Crippen molar-refractivity contribution >= 4 is 35.0 Å². The Balaban J connectivity index is 2.03. The second-order valence-electron chi connectivity index (χ2n) is 9.79. The Morgan fingerprint density at radius 2 is 1.72 bits per heavy atom. The first kappa shape index (κ1) is 27.3. The number of fused-ring (bicyclic) bond motifs is 4. The summed E-state index contributed by atoms with van der Waals surface area (Å²) in [6.07, 6.45) is 0. The van der Waals surface area contributed by atoms with Crippen LogP contribution in [-0.2, 0) is 9.59 Å². The van der Waals surface area contributed by atoms with Crippen molar-refractivity contribution in [3.63, 3.8) is 0 Å². The minimum Gasteiger partial charge on any atom is -0.443 e. The highest BCUT2D eigenvalue weighted by Crippen LogP contribution is 2.27. The van der Waals surface area contributed by atoms with Gasteiger partial charge in [0, 0.05) is 24.9 Å². The van der Waals surface area contributed by atoms with Crippen LogP contribution in [0, 0.1) is 18.8 Å². The Kier molecular flexibility index (Phi) is 8.49. The van der Waals surface area contributed by atoms with Crippen molar-refractivity contribution in [3.05, 3.63) is 33.4 Å². The SMILES string of the molecule is CC(=O)N1CC(=O)N[C@@H](C(C)C)c2nc(cs2)C(=O)N[C@H](C(C)C)c2nc(c(C)o2)C(=O)N[C@H](C)C1. The Hall–Kier alpha value is -3.28. The molecule has 0 unspecified atom stereocenters. The van der Waals surface area contributed by atoms with E-state index in [4.69, 9.17) is 4.42 Å². The molecule has 0 spiro atoms. The Morgan fingerprint density at radius 3 is 2.33 bits per heavy atom. The van der Waals surface area contributed by atoms with E-state index >= 15 is 0 Å². The molecule has 3 N–H and O–H groups in total. The number of oxazole rings is 1. The molecular formula is C24H34N6O5S. The van der Waals surface area contributed by atoms with E-state index in [1.165, 1.54) is 23.2 Å². The molecule has 2 aromatic rings. The van der Waals surface area contributed by atoms with Gasteiger partial charge in [-0.25, -0.2) is 9.97 Å². The van der Waals surface area contributed by atoms with E-state index in [9.17, 15) is 19.2 Å². The molecule has 4 amide bonds. The second-order valence-corrected chi connectivity index (χ2v) is 10.7. The zero-order chi connectivity index (χ0) is 26.7. The quantitative estimate of drug-likeness (QED) is 0.553. The molecule has 0 saturated heterocycles. The molecule has 0 aromatic carbocycles. The number of carbonyl (C=O) groups is 4. The van der Waals surface area contributed by atoms with Crippen molar-refractivity contribution in [1.82, 2.24) is 30.8 Å². The van der Waals surface area contributed by atoms with Crippen molar-refractivity contribution in [2.45, 2.75) is 66.6 Å². The molecular weight excluding hydrogens is 484 g/mol. The number of aromatic nitrogens is 2. The summed E-state index contributed by atoms with van der Waals surface area (Å²) in [6, 6.07) is -1.49. The summed E-state index contributed by atoms with van der Waals surface area (Å²) in [5.41, 5.74) is 0.308. The standard InChI is InChI=1S/C24H34N6O5S/c1-11(2)18-23-29-20(14(6)35-23)22(34)25-13(5)8-30(15(7)31)9-17(32)27-19(12(3)4)24-26-16(10-36-24)21(33)28-18/h10-13,18-19H,8-9H2,1-7H3,(H,25,34)(H,27,32)(H,28,33)/t13-,18-,19+/m1/s1. The van der Waals surface area contributed by atoms with Gasteiger partial charge in [0.2, 0.25) is 17.7 Å². The normalized spacial score (nSPS) is 22.1. The zero-order valence-electron chi connectivity index (χ0n) is 21.7. The first-order valence-corrected chi connectivity index (χ1v) is 12.8. The van der Waals surface area contributed by atoms with Crippen LogP contribution in [0.2, 0.25) is 0 Å². The van der Waals surface area contributed by atoms with Gasteiger partial charge in [0.25, 0.3) is 11.8 Å². The van der Waals surface area contributed by atoms with Gasteiger partial charge in [0.1, 0.15) is 22.5 Å². The van der Waals surface area contributed by atoms with Gasteiger partial charge in [0.15, 0.2) is 5.69 Å². The Labute approximate surface area is 214 Å². The molecule has 36 heavy (non-hydrogen) atoms. The Bertz CT molecular complexity index is 1140. The molecule has 3 atom stereocenters. The lowest BCUT2D eigenvalue weighted by molar-refractivity contribution is -0.135. The number of thiazole rings is 1. The maximum atomic E-state index is 13.1. The summed E-state index contributed by atoms with van der Waals surface area (Å²) < 4.78 is 5.79. The summed E-state index contributed by atoms with van der Waals surface area (Å²) in [7, 11) is 0. The van der Waals surface area contributed by atoms with Crippen molar-refractivity contribution in [2.75, 3.05) is 13.1 Å². The maximum absolute atomic E-state index is 13.1. The molecule has 196 valence electrons. The number of carbonyl (C=O) groups excluding carboxylic acids is 4. The van der Waals surface area contributed by atoms with E-state index in [1.54, 1.807) is 19.2 Å². The van der Waals surface area contributed by atoms with Gasteiger partial charge in [-0.3, -0.25) is 19.2 Å². The lowest BCUT2D eigenvalue weighted by atomic mass is 10.0. The fraction of sp³-hybridized carbons (Fsp3) is 0.583. The van der Waals surface area contributed by atoms with Crippen LogP contribution in [0.3, 0.4) is 0 Å². The molecule has 4 bridgehead atoms. The molecule has 2 aromatic heterocycles. The average molecular weight is 519 g/mol. The van der Waals surface area contributed by atoms with E-state index < -0.39 is 29.9 Å². The predicted molar refractivity (Wildman–Crippen MR) is 133 cm³/mol. The smallest absolute Gasteiger partial charge is 0.273 e. The lowest BCUT2D eigenvalue weighted by Crippen LogP contribution is -2.48. The zero-order valence-corrected chi connectivity index (χ0v) is 22.5. The fourth-order valence-corrected chi connectivity index (χ4v) is 4.92. The third-order valence-electron chi connectivity index (χ3n) is 5.90. The van der Waals surface area contributed by atoms with E-state index in [1.807, 2.05) is 27.7 Å². The molecule has 0 aliphatic carbocycles. The van der Waals surface area contributed by atoms with Crippen molar-refractivity contribution in [2.24, 2.45) is 11.8 Å². The number of nitrogens with one attached hydrogen (secondary N) is 3. The van der Waals surface area contributed by atoms with Gasteiger partial charge < -0.3 is 25.3 Å². The molecule has 1 aliphatic rings. The van der Waals surface area contributed by atoms with Gasteiger partial charge in [-0.1, -0.05) is 27.7 Å². The fourth-order valence-electron chi connectivity index (χ4n) is 3.90. The summed E-state index contributed by atoms with van der Waals surface area (Å²) in [4.78, 5) is 61.4. The van der Waals surface area contributed by atoms with Gasteiger partial charge in [-0.15, -0.1) is 11.3 Å². The van der Waals surface area contributed by atoms with Crippen LogP contribution in [0.4, 0.5) is 0 Å². The largest absolute Gasteiger partial charge is 0.443 e. The molecule has 1 aliphatic heterocycles. The van der Waals surface area contributed by atoms with Crippen LogP contribution in [0.25, 0.3) is 0 Å². The molecule has 0 saturated carbocycles. The van der Waals surface area contributed by atoms with Crippen molar-refractivity contribution < 1.29 is 23.6 Å². The van der Waals surface area contributed by atoms with Crippen LogP contribution >= 0.6 is 11.3 Å². The molecule has 3 heterocycles. The van der Waals surface area contributed by atoms with Crippen LogP contribution < -0.4 is 16.0 Å². The van der Waals surface area contributed by atoms with E-state index in [0.29, 0.717) is 10.8 Å². The second kappa shape index (κ2) is 11.2. The van der Waals surface area contributed by atoms with Crippen molar-refractivity contribution in [1.29, 1.82) is 0 Å². The number of rotatable bonds is 2. The van der Waals surface area contributed by atoms with Crippen LogP contribution in [0.15, 0.2) is 9.80 Å². The maximum Gasteiger partial charge on any atom is 0.273 e. The molecule has 0 fully saturated rings. The van der Waals surface area contributed by atoms with Gasteiger partial charge >= 0.3 is 0 Å². The van der Waals surface area contributed by atoms with Crippen LogP contribution in [0.1, 0.15) is 91.3 Å². The topological polar surface area (TPSA) is 147 Å². The van der Waals surface area contributed by atoms with Crippen LogP contribution in [-0.4, -0.2) is 57.6 Å². The van der Waals surface area contributed by atoms with E-state index in [2.05, 4.69) is 25.9 Å². The number of hydrogen-bond donors (Lipinski definition) is 3. The predicted octanol–water partition coefficient (Wildman–Crippen LogP) is 2.36. The lowest BCUT2D eigenvalue weighted by Gasteiger charge is -2.26. The first-order chi connectivity index (χ1) is 16.9. The number of nitrogens with zero attached hydrogens (tertiary/aromatic N) is 3. The molecule has 0 radical (unpaired) electrons. The minimum absolute atomic E-state index is 0.0114. The first-order valence-electron chi connectivity index (χ1n) is 12.0. The third-order valence-corrected chi connectivity index (χ3v) is 6.83. The highest BCUT2D eigenvalue weighted by molar-refractivity contribution is 7.09. The van der Waals surface area contributed by atoms with E-state index in [-0.39, 0.29) is 54.0 Å². The summed E-state index contributed by atoms with van der Waals surface area (Å²) in [5, 5.41) is 10.9. The van der Waals surface area contributed by atoms with Gasteiger partial charge in [-0.05, 0) is 25.7 Å². The monoisotopic (exact) mass is 518 g/mol. The molecule has 12 heteroatoms. The number of amides is 4. The number of aryl methyl sites for hydroxylation is 1. The molecule has 3 rings (SSSR count). The highest BCUT2D eigenvalue weighted by Gasteiger charge is 2.30. The average Bonchev–Trinajstić information content (AvgIpc) is 3.41. The van der Waals surface area contributed by atoms with Gasteiger partial charge in [-0.2, -0.15) is 0 Å². The summed E-state index contributed by atoms with van der Waals surface area (Å²) in [6.45, 7) is 12.4. The summed E-state index contributed by atoms with van der Waals surface area (Å²) >= 11 is 1.28.